The molecule has 4 heteroatoms. The summed E-state index contributed by atoms with van der Waals surface area (Å²) in [7, 11) is 1.58. The van der Waals surface area contributed by atoms with Gasteiger partial charge in [0.25, 0.3) is 0 Å². The number of ether oxygens (including phenoxy) is 1. The van der Waals surface area contributed by atoms with Crippen LogP contribution in [0.1, 0.15) is 38.4 Å². The van der Waals surface area contributed by atoms with Crippen molar-refractivity contribution in [1.29, 1.82) is 0 Å². The van der Waals surface area contributed by atoms with Crippen LogP contribution in [0.5, 0.6) is 0 Å². The van der Waals surface area contributed by atoms with Gasteiger partial charge in [0.15, 0.2) is 11.6 Å². The highest BCUT2D eigenvalue weighted by atomic mass is 19.2. The van der Waals surface area contributed by atoms with E-state index in [0.29, 0.717) is 12.8 Å². The van der Waals surface area contributed by atoms with Crippen molar-refractivity contribution in [2.75, 3.05) is 7.11 Å². The molecule has 0 heterocycles. The van der Waals surface area contributed by atoms with Gasteiger partial charge in [0.2, 0.25) is 0 Å². The minimum atomic E-state index is -1.01. The summed E-state index contributed by atoms with van der Waals surface area (Å²) < 4.78 is 31.6. The zero-order chi connectivity index (χ0) is 13.1. The lowest BCUT2D eigenvalue weighted by Crippen LogP contribution is -2.23. The highest BCUT2D eigenvalue weighted by molar-refractivity contribution is 5.21. The average Bonchev–Trinajstić information content (AvgIpc) is 2.30. The third-order valence-electron chi connectivity index (χ3n) is 2.91. The molecule has 0 saturated carbocycles. The van der Waals surface area contributed by atoms with Gasteiger partial charge in [-0.05, 0) is 32.8 Å². The second kappa shape index (κ2) is 5.56. The van der Waals surface area contributed by atoms with E-state index in [-0.39, 0.29) is 11.2 Å². The molecule has 2 nitrogen and oxygen atoms in total. The van der Waals surface area contributed by atoms with Crippen LogP contribution in [-0.4, -0.2) is 17.8 Å². The van der Waals surface area contributed by atoms with E-state index in [1.54, 1.807) is 7.11 Å². The summed E-state index contributed by atoms with van der Waals surface area (Å²) in [5.74, 6) is -1.91. The zero-order valence-electron chi connectivity index (χ0n) is 10.3. The van der Waals surface area contributed by atoms with Gasteiger partial charge in [0.05, 0.1) is 11.7 Å². The molecule has 1 aromatic carbocycles. The first-order valence-corrected chi connectivity index (χ1v) is 5.54. The predicted octanol–water partition coefficient (Wildman–Crippen LogP) is 3.20. The van der Waals surface area contributed by atoms with Crippen LogP contribution in [0.15, 0.2) is 18.2 Å². The third-order valence-corrected chi connectivity index (χ3v) is 2.91. The molecule has 1 atom stereocenters. The number of rotatable bonds is 5. The number of methoxy groups -OCH3 is 1. The molecule has 17 heavy (non-hydrogen) atoms. The number of aliphatic hydroxyl groups is 1. The fraction of sp³-hybridized carbons (Fsp3) is 0.538. The van der Waals surface area contributed by atoms with E-state index in [2.05, 4.69) is 0 Å². The van der Waals surface area contributed by atoms with E-state index < -0.39 is 17.7 Å². The van der Waals surface area contributed by atoms with Crippen molar-refractivity contribution in [1.82, 2.24) is 0 Å². The van der Waals surface area contributed by atoms with Gasteiger partial charge in [-0.1, -0.05) is 12.1 Å². The van der Waals surface area contributed by atoms with E-state index in [1.165, 1.54) is 12.1 Å². The quantitative estimate of drug-likeness (QED) is 0.861. The van der Waals surface area contributed by atoms with Crippen molar-refractivity contribution >= 4 is 0 Å². The van der Waals surface area contributed by atoms with Crippen LogP contribution in [-0.2, 0) is 4.74 Å². The Balaban J connectivity index is 2.71. The molecule has 0 aliphatic carbocycles. The monoisotopic (exact) mass is 244 g/mol. The molecule has 1 aromatic rings. The van der Waals surface area contributed by atoms with Crippen LogP contribution in [0.2, 0.25) is 0 Å². The Bertz CT molecular complexity index is 378. The standard InChI is InChI=1S/C13H18F2O2/c1-13(2,17-3)8-7-11(16)9-5-4-6-10(14)12(9)15/h4-6,11,16H,7-8H2,1-3H3. The SMILES string of the molecule is COC(C)(C)CCC(O)c1cccc(F)c1F. The van der Waals surface area contributed by atoms with Gasteiger partial charge in [-0.15, -0.1) is 0 Å². The molecular formula is C13H18F2O2. The molecule has 0 aromatic heterocycles. The molecule has 1 unspecified atom stereocenters. The average molecular weight is 244 g/mol. The molecule has 1 rings (SSSR count). The van der Waals surface area contributed by atoms with E-state index in [4.69, 9.17) is 4.74 Å². The summed E-state index contributed by atoms with van der Waals surface area (Å²) >= 11 is 0. The molecule has 0 aliphatic rings. The number of halogens is 2. The minimum Gasteiger partial charge on any atom is -0.388 e. The van der Waals surface area contributed by atoms with Crippen LogP contribution in [0.4, 0.5) is 8.78 Å². The van der Waals surface area contributed by atoms with Gasteiger partial charge in [-0.3, -0.25) is 0 Å². The maximum Gasteiger partial charge on any atom is 0.164 e. The summed E-state index contributed by atoms with van der Waals surface area (Å²) in [5, 5.41) is 9.82. The topological polar surface area (TPSA) is 29.5 Å². The molecule has 0 amide bonds. The fourth-order valence-corrected chi connectivity index (χ4v) is 1.52. The third kappa shape index (κ3) is 3.75. The lowest BCUT2D eigenvalue weighted by molar-refractivity contribution is 0.00243. The molecule has 96 valence electrons. The largest absolute Gasteiger partial charge is 0.388 e. The van der Waals surface area contributed by atoms with E-state index in [0.717, 1.165) is 6.07 Å². The van der Waals surface area contributed by atoms with Crippen molar-refractivity contribution < 1.29 is 18.6 Å². The second-order valence-corrected chi connectivity index (χ2v) is 4.66. The van der Waals surface area contributed by atoms with Gasteiger partial charge < -0.3 is 9.84 Å². The lowest BCUT2D eigenvalue weighted by Gasteiger charge is -2.24. The number of hydrogen-bond acceptors (Lipinski definition) is 2. The van der Waals surface area contributed by atoms with E-state index in [9.17, 15) is 13.9 Å². The van der Waals surface area contributed by atoms with Crippen molar-refractivity contribution in [2.45, 2.75) is 38.4 Å². The Morgan fingerprint density at radius 2 is 2.00 bits per heavy atom. The van der Waals surface area contributed by atoms with Crippen molar-refractivity contribution in [3.8, 4) is 0 Å². The molecule has 0 radical (unpaired) electrons. The van der Waals surface area contributed by atoms with Crippen molar-refractivity contribution in [3.05, 3.63) is 35.4 Å². The van der Waals surface area contributed by atoms with Crippen molar-refractivity contribution in [3.63, 3.8) is 0 Å². The number of aliphatic hydroxyl groups excluding tert-OH is 1. The number of hydrogen-bond donors (Lipinski definition) is 1. The van der Waals surface area contributed by atoms with Crippen LogP contribution < -0.4 is 0 Å². The molecule has 1 N–H and O–H groups in total. The molecule has 0 spiro atoms. The Hall–Kier alpha value is -1.00. The number of benzene rings is 1. The highest BCUT2D eigenvalue weighted by Gasteiger charge is 2.21. The predicted molar refractivity (Wildman–Crippen MR) is 61.6 cm³/mol. The Morgan fingerprint density at radius 1 is 1.35 bits per heavy atom. The van der Waals surface area contributed by atoms with Crippen LogP contribution in [0, 0.1) is 11.6 Å². The van der Waals surface area contributed by atoms with Gasteiger partial charge >= 0.3 is 0 Å². The summed E-state index contributed by atoms with van der Waals surface area (Å²) in [5.41, 5.74) is -0.387. The first kappa shape index (κ1) is 14.1. The minimum absolute atomic E-state index is 0.00287. The summed E-state index contributed by atoms with van der Waals surface area (Å²) in [6, 6.07) is 3.81. The second-order valence-electron chi connectivity index (χ2n) is 4.66. The van der Waals surface area contributed by atoms with E-state index in [1.807, 2.05) is 13.8 Å². The summed E-state index contributed by atoms with van der Waals surface area (Å²) in [6.07, 6.45) is -0.137. The molecular weight excluding hydrogens is 226 g/mol. The first-order valence-electron chi connectivity index (χ1n) is 5.54. The molecule has 0 aliphatic heterocycles. The van der Waals surface area contributed by atoms with Crippen LogP contribution >= 0.6 is 0 Å². The highest BCUT2D eigenvalue weighted by Crippen LogP contribution is 2.26. The summed E-state index contributed by atoms with van der Waals surface area (Å²) in [6.45, 7) is 3.75. The van der Waals surface area contributed by atoms with Gasteiger partial charge in [-0.2, -0.15) is 0 Å². The van der Waals surface area contributed by atoms with Gasteiger partial charge in [0.1, 0.15) is 0 Å². The molecule has 0 saturated heterocycles. The molecule has 0 fully saturated rings. The van der Waals surface area contributed by atoms with Gasteiger partial charge in [-0.25, -0.2) is 8.78 Å². The molecule has 0 bridgehead atoms. The van der Waals surface area contributed by atoms with Crippen LogP contribution in [0.25, 0.3) is 0 Å². The van der Waals surface area contributed by atoms with Gasteiger partial charge in [0, 0.05) is 12.7 Å². The Morgan fingerprint density at radius 3 is 2.59 bits per heavy atom. The maximum absolute atomic E-state index is 13.4. The fourth-order valence-electron chi connectivity index (χ4n) is 1.52. The van der Waals surface area contributed by atoms with Crippen molar-refractivity contribution in [2.24, 2.45) is 0 Å². The Kier molecular flexibility index (Phi) is 4.60. The Labute approximate surface area is 100 Å². The van der Waals surface area contributed by atoms with E-state index >= 15 is 0 Å². The zero-order valence-corrected chi connectivity index (χ0v) is 10.3. The van der Waals surface area contributed by atoms with Crippen LogP contribution in [0.3, 0.4) is 0 Å². The summed E-state index contributed by atoms with van der Waals surface area (Å²) in [4.78, 5) is 0. The maximum atomic E-state index is 13.4. The normalized spacial score (nSPS) is 13.8. The smallest absolute Gasteiger partial charge is 0.164 e. The lowest BCUT2D eigenvalue weighted by atomic mass is 9.96. The first-order chi connectivity index (χ1) is 7.87.